The number of hydrogen-bond donors (Lipinski definition) is 16. The van der Waals surface area contributed by atoms with Gasteiger partial charge in [0.2, 0.25) is 0 Å². The summed E-state index contributed by atoms with van der Waals surface area (Å²) in [5.41, 5.74) is -3.23. The summed E-state index contributed by atoms with van der Waals surface area (Å²) >= 11 is 0. The van der Waals surface area contributed by atoms with Gasteiger partial charge in [0.25, 0.3) is 0 Å². The van der Waals surface area contributed by atoms with Crippen molar-refractivity contribution < 1.29 is 120 Å². The van der Waals surface area contributed by atoms with Crippen molar-refractivity contribution >= 4 is 5.97 Å². The van der Waals surface area contributed by atoms with Gasteiger partial charge in [0.05, 0.1) is 56.8 Å². The Morgan fingerprint density at radius 1 is 0.675 bits per heavy atom. The molecule has 5 unspecified atom stereocenters. The molecule has 24 nitrogen and oxygen atoms in total. The van der Waals surface area contributed by atoms with Crippen LogP contribution in [0, 0.1) is 44.3 Å². The summed E-state index contributed by atoms with van der Waals surface area (Å²) in [6, 6.07) is 0. The van der Waals surface area contributed by atoms with Gasteiger partial charge in [-0.05, 0) is 93.5 Å². The Labute approximate surface area is 447 Å². The number of allylic oxidation sites excluding steroid dienone is 3. The minimum Gasteiger partial charge on any atom is -0.462 e. The molecule has 24 heteroatoms. The van der Waals surface area contributed by atoms with E-state index in [9.17, 15) is 86.5 Å². The van der Waals surface area contributed by atoms with Crippen molar-refractivity contribution in [2.24, 2.45) is 44.3 Å². The Balaban J connectivity index is 0.974. The molecule has 8 aliphatic rings. The molecule has 0 amide bonds. The van der Waals surface area contributed by atoms with Crippen LogP contribution in [0.25, 0.3) is 0 Å². The fourth-order valence-corrected chi connectivity index (χ4v) is 15.3. The van der Waals surface area contributed by atoms with E-state index in [2.05, 4.69) is 32.9 Å². The smallest absolute Gasteiger partial charge is 0.312 e. The van der Waals surface area contributed by atoms with Crippen molar-refractivity contribution in [3.63, 3.8) is 0 Å². The van der Waals surface area contributed by atoms with Crippen molar-refractivity contribution in [1.82, 2.24) is 0 Å². The number of carbonyl (C=O) groups excluding carboxylic acids is 1. The van der Waals surface area contributed by atoms with Gasteiger partial charge >= 0.3 is 5.97 Å². The molecule has 3 saturated carbocycles. The van der Waals surface area contributed by atoms with E-state index in [4.69, 9.17) is 33.2 Å². The molecule has 0 radical (unpaired) electrons. The lowest BCUT2D eigenvalue weighted by atomic mass is 9.35. The summed E-state index contributed by atoms with van der Waals surface area (Å²) < 4.78 is 40.3. The third kappa shape index (κ3) is 10.1. The molecule has 0 aromatic carbocycles. The summed E-state index contributed by atoms with van der Waals surface area (Å²) in [5.74, 6) is -0.991. The molecule has 6 fully saturated rings. The zero-order valence-electron chi connectivity index (χ0n) is 44.7. The Morgan fingerprint density at radius 3 is 1.88 bits per heavy atom. The highest BCUT2D eigenvalue weighted by molar-refractivity contribution is 5.77. The predicted octanol–water partition coefficient (Wildman–Crippen LogP) is -3.90. The summed E-state index contributed by atoms with van der Waals surface area (Å²) in [5, 5.41) is 171. The number of esters is 1. The Kier molecular flexibility index (Phi) is 18.0. The number of fused-ring (bicyclic) bond motifs is 6. The molecule has 0 bridgehead atoms. The van der Waals surface area contributed by atoms with Crippen molar-refractivity contribution in [2.45, 2.75) is 216 Å². The first-order chi connectivity index (χ1) is 36.1. The number of aliphatic hydroxyl groups excluding tert-OH is 16. The number of aliphatic hydroxyl groups is 16. The van der Waals surface area contributed by atoms with Crippen LogP contribution in [0.1, 0.15) is 92.9 Å². The standard InChI is InChI=1S/C53H86O24/c1-23-34(61)43(77-45-41(68)39(66)37(64)29(18-55)75-45)42(69)46(73-23)76-33-10-11-49(3)30(50(33,4)21-56)9-12-51(5)31(49)8-7-24-25-15-48(2,13-14-53(25,22-57)32(60)16-52(24,51)6)47(70)72-20-27(59)35(62)26(58)19-71-44-40(67)38(65)36(63)28(17-54)74-44/h7-8,23,26-46,54-69H,9-22H2,1-6H3/t23-,26?,27?,28-,29-,30?,31?,32-,33+,34-,35?,36-,37-,38+,39+,40-,41-,42-,43-,44-,45+,46+,48+,49+,50+,51-,52-,53-/m1/s1. The van der Waals surface area contributed by atoms with Crippen LogP contribution in [0.3, 0.4) is 0 Å². The monoisotopic (exact) mass is 1110 g/mol. The molecule has 28 atom stereocenters. The second kappa shape index (κ2) is 22.7. The van der Waals surface area contributed by atoms with Gasteiger partial charge < -0.3 is 115 Å². The van der Waals surface area contributed by atoms with E-state index < -0.39 is 188 Å². The molecule has 16 N–H and O–H groups in total. The molecule has 0 spiro atoms. The topological polar surface area (TPSA) is 405 Å². The minimum atomic E-state index is -1.93. The molecule has 3 saturated heterocycles. The van der Waals surface area contributed by atoms with E-state index in [0.717, 1.165) is 11.1 Å². The van der Waals surface area contributed by atoms with Crippen molar-refractivity contribution in [2.75, 3.05) is 39.6 Å². The first kappa shape index (κ1) is 61.1. The van der Waals surface area contributed by atoms with Gasteiger partial charge in [-0.1, -0.05) is 45.4 Å². The van der Waals surface area contributed by atoms with Crippen LogP contribution >= 0.6 is 0 Å². The van der Waals surface area contributed by atoms with E-state index in [-0.39, 0.29) is 44.3 Å². The quantitative estimate of drug-likeness (QED) is 0.0519. The zero-order valence-corrected chi connectivity index (χ0v) is 44.7. The Bertz CT molecular complexity index is 2130. The molecule has 3 aliphatic heterocycles. The van der Waals surface area contributed by atoms with Crippen LogP contribution in [0.2, 0.25) is 0 Å². The second-order valence-electron chi connectivity index (χ2n) is 24.9. The van der Waals surface area contributed by atoms with E-state index in [1.54, 1.807) is 13.8 Å². The first-order valence-electron chi connectivity index (χ1n) is 27.2. The molecular weight excluding hydrogens is 1020 g/mol. The van der Waals surface area contributed by atoms with Crippen LogP contribution in [0.4, 0.5) is 0 Å². The number of ether oxygens (including phenoxy) is 7. The highest BCUT2D eigenvalue weighted by Gasteiger charge is 2.69. The van der Waals surface area contributed by atoms with Gasteiger partial charge in [-0.3, -0.25) is 4.79 Å². The van der Waals surface area contributed by atoms with E-state index in [0.29, 0.717) is 32.1 Å². The van der Waals surface area contributed by atoms with Crippen LogP contribution in [0.5, 0.6) is 0 Å². The van der Waals surface area contributed by atoms with E-state index >= 15 is 0 Å². The average Bonchev–Trinajstić information content (AvgIpc) is 3.55. The van der Waals surface area contributed by atoms with E-state index in [1.807, 2.05) is 6.92 Å². The van der Waals surface area contributed by atoms with Gasteiger partial charge in [-0.25, -0.2) is 0 Å². The maximum atomic E-state index is 14.1. The minimum absolute atomic E-state index is 0.0916. The van der Waals surface area contributed by atoms with Crippen LogP contribution in [-0.4, -0.2) is 250 Å². The highest BCUT2D eigenvalue weighted by atomic mass is 16.7. The lowest BCUT2D eigenvalue weighted by molar-refractivity contribution is -0.367. The van der Waals surface area contributed by atoms with Crippen LogP contribution in [0.15, 0.2) is 23.3 Å². The molecule has 5 aliphatic carbocycles. The van der Waals surface area contributed by atoms with Crippen LogP contribution < -0.4 is 0 Å². The third-order valence-corrected chi connectivity index (χ3v) is 20.6. The lowest BCUT2D eigenvalue weighted by Gasteiger charge is -2.70. The molecule has 3 heterocycles. The maximum Gasteiger partial charge on any atom is 0.312 e. The summed E-state index contributed by atoms with van der Waals surface area (Å²) in [4.78, 5) is 14.1. The molecular formula is C53H86O24. The van der Waals surface area contributed by atoms with Gasteiger partial charge in [0.15, 0.2) is 18.9 Å². The zero-order chi connectivity index (χ0) is 56.7. The molecule has 0 aromatic heterocycles. The Morgan fingerprint density at radius 2 is 1.27 bits per heavy atom. The largest absolute Gasteiger partial charge is 0.462 e. The lowest BCUT2D eigenvalue weighted by Crippen LogP contribution is -2.67. The summed E-state index contributed by atoms with van der Waals surface area (Å²) in [6.07, 6.45) is -23.1. The van der Waals surface area contributed by atoms with Gasteiger partial charge in [0, 0.05) is 16.2 Å². The summed E-state index contributed by atoms with van der Waals surface area (Å²) in [6.45, 7) is 8.19. The maximum absolute atomic E-state index is 14.1. The Hall–Kier alpha value is -1.93. The van der Waals surface area contributed by atoms with Crippen molar-refractivity contribution in [3.05, 3.63) is 23.3 Å². The average molecular weight is 1110 g/mol. The number of rotatable bonds is 16. The van der Waals surface area contributed by atoms with Gasteiger partial charge in [0.1, 0.15) is 92.1 Å². The highest BCUT2D eigenvalue weighted by Crippen LogP contribution is 2.74. The summed E-state index contributed by atoms with van der Waals surface area (Å²) in [7, 11) is 0. The third-order valence-electron chi connectivity index (χ3n) is 20.6. The normalized spacial score (nSPS) is 51.1. The molecule has 8 rings (SSSR count). The van der Waals surface area contributed by atoms with Crippen molar-refractivity contribution in [1.29, 1.82) is 0 Å². The van der Waals surface area contributed by atoms with Gasteiger partial charge in [-0.15, -0.1) is 0 Å². The molecule has 442 valence electrons. The van der Waals surface area contributed by atoms with Crippen molar-refractivity contribution in [3.8, 4) is 0 Å². The number of hydrogen-bond acceptors (Lipinski definition) is 24. The second-order valence-corrected chi connectivity index (χ2v) is 24.9. The number of carbonyl (C=O) groups is 1. The predicted molar refractivity (Wildman–Crippen MR) is 262 cm³/mol. The molecule has 77 heavy (non-hydrogen) atoms. The van der Waals surface area contributed by atoms with E-state index in [1.165, 1.54) is 0 Å². The molecule has 0 aromatic rings. The fourth-order valence-electron chi connectivity index (χ4n) is 15.3. The van der Waals surface area contributed by atoms with Crippen LogP contribution in [-0.2, 0) is 38.0 Å². The SMILES string of the molecule is C[C@H]1O[C@@H](O[C@H]2CC[C@@]3(C)C(CC[C@]4(C)C3C=CC3=C5C[C@@](C)(C(=O)OCC(O)C(O)C(O)CO[C@@H]6O[C@H](CO)[C@@H](O)[C@H](O)[C@H]6O)CC[C@]5(CO)[C@H](O)C[C@]34C)[C@]2(C)CO)[C@H](O)[C@H](O[C@@H]2O[C@H](CO)[C@@H](O)[C@H](O)[C@H]2O)[C@@H]1O. The first-order valence-corrected chi connectivity index (χ1v) is 27.2. The fraction of sp³-hybridized carbons (Fsp3) is 0.906. The van der Waals surface area contributed by atoms with Gasteiger partial charge in [-0.2, -0.15) is 0 Å².